The van der Waals surface area contributed by atoms with E-state index in [4.69, 9.17) is 9.47 Å². The van der Waals surface area contributed by atoms with E-state index in [-0.39, 0.29) is 59.5 Å². The Morgan fingerprint density at radius 1 is 0.673 bits per heavy atom. The summed E-state index contributed by atoms with van der Waals surface area (Å²) < 4.78 is 29.2. The van der Waals surface area contributed by atoms with Gasteiger partial charge in [-0.2, -0.15) is 0 Å². The van der Waals surface area contributed by atoms with Crippen molar-refractivity contribution in [1.29, 1.82) is 0 Å². The van der Waals surface area contributed by atoms with Gasteiger partial charge in [0.2, 0.25) is 0 Å². The molecule has 6 rings (SSSR count). The number of nitrogens with one attached hydrogen (secondary N) is 2. The summed E-state index contributed by atoms with van der Waals surface area (Å²) in [7, 11) is 0. The van der Waals surface area contributed by atoms with E-state index in [9.17, 15) is 33.8 Å². The van der Waals surface area contributed by atoms with Crippen LogP contribution in [0, 0.1) is 5.82 Å². The number of carboxylic acid groups (broad SMARTS) is 2. The van der Waals surface area contributed by atoms with E-state index in [0.29, 0.717) is 11.6 Å². The lowest BCUT2D eigenvalue weighted by Gasteiger charge is -2.14. The van der Waals surface area contributed by atoms with Crippen LogP contribution in [0.3, 0.4) is 0 Å². The van der Waals surface area contributed by atoms with Gasteiger partial charge in [-0.15, -0.1) is 20.4 Å². The van der Waals surface area contributed by atoms with Gasteiger partial charge < -0.3 is 30.3 Å². The number of rotatable bonds is 14. The van der Waals surface area contributed by atoms with Crippen LogP contribution in [0.1, 0.15) is 48.1 Å². The molecule has 0 aliphatic heterocycles. The van der Waals surface area contributed by atoms with Crippen LogP contribution in [0.4, 0.5) is 15.8 Å². The van der Waals surface area contributed by atoms with E-state index in [1.54, 1.807) is 40.0 Å². The lowest BCUT2D eigenvalue weighted by molar-refractivity contribution is 0.0686. The van der Waals surface area contributed by atoms with Crippen LogP contribution in [-0.4, -0.2) is 86.7 Å². The van der Waals surface area contributed by atoms with Crippen molar-refractivity contribution in [2.45, 2.75) is 6.42 Å². The zero-order valence-corrected chi connectivity index (χ0v) is 26.6. The Kier molecular flexibility index (Phi) is 10.1. The largest absolute Gasteiger partial charge is 0.493 e. The Morgan fingerprint density at radius 2 is 1.23 bits per heavy atom. The van der Waals surface area contributed by atoms with Crippen molar-refractivity contribution >= 4 is 35.1 Å². The van der Waals surface area contributed by atoms with Gasteiger partial charge in [-0.25, -0.2) is 23.9 Å². The van der Waals surface area contributed by atoms with E-state index < -0.39 is 35.1 Å². The number of hydrogen-bond acceptors (Lipinski definition) is 12. The molecule has 18 nitrogen and oxygen atoms in total. The predicted octanol–water partition coefficient (Wildman–Crippen LogP) is 3.53. The van der Waals surface area contributed by atoms with E-state index in [1.807, 2.05) is 0 Å². The number of aromatic nitrogens is 8. The van der Waals surface area contributed by atoms with Crippen molar-refractivity contribution in [3.63, 3.8) is 0 Å². The van der Waals surface area contributed by atoms with Gasteiger partial charge in [0.05, 0.1) is 35.7 Å². The normalized spacial score (nSPS) is 10.7. The highest BCUT2D eigenvalue weighted by Gasteiger charge is 2.20. The van der Waals surface area contributed by atoms with Gasteiger partial charge in [-0.3, -0.25) is 18.7 Å². The molecule has 4 aromatic heterocycles. The number of ether oxygens (including phenoxy) is 2. The van der Waals surface area contributed by atoms with Crippen LogP contribution < -0.4 is 20.1 Å². The molecule has 4 N–H and O–H groups in total. The minimum absolute atomic E-state index is 0.0210. The second kappa shape index (κ2) is 15.3. The minimum Gasteiger partial charge on any atom is -0.493 e. The summed E-state index contributed by atoms with van der Waals surface area (Å²) in [6.07, 6.45) is 9.58. The van der Waals surface area contributed by atoms with Crippen molar-refractivity contribution in [1.82, 2.24) is 39.5 Å². The van der Waals surface area contributed by atoms with Crippen LogP contribution >= 0.6 is 0 Å². The van der Waals surface area contributed by atoms with Gasteiger partial charge in [0.25, 0.3) is 11.8 Å². The molecule has 0 atom stereocenters. The monoisotopic (exact) mass is 708 g/mol. The summed E-state index contributed by atoms with van der Waals surface area (Å²) in [4.78, 5) is 57.1. The fraction of sp³-hybridized carbons (Fsp3) is 0.0909. The van der Waals surface area contributed by atoms with Gasteiger partial charge >= 0.3 is 11.9 Å². The topological polar surface area (TPSA) is 238 Å². The van der Waals surface area contributed by atoms with Gasteiger partial charge in [-0.05, 0) is 42.5 Å². The number of carbonyl (C=O) groups is 4. The Hall–Kier alpha value is -7.57. The van der Waals surface area contributed by atoms with E-state index in [2.05, 4.69) is 41.0 Å². The highest BCUT2D eigenvalue weighted by molar-refractivity contribution is 6.07. The molecule has 52 heavy (non-hydrogen) atoms. The summed E-state index contributed by atoms with van der Waals surface area (Å²) >= 11 is 0. The van der Waals surface area contributed by atoms with Crippen LogP contribution in [0.15, 0.2) is 92.0 Å². The molecule has 0 unspecified atom stereocenters. The molecule has 2 aromatic carbocycles. The van der Waals surface area contributed by atoms with Crippen LogP contribution in [0.5, 0.6) is 11.5 Å². The fourth-order valence-corrected chi connectivity index (χ4v) is 4.61. The number of aromatic carboxylic acids is 2. The average Bonchev–Trinajstić information content (AvgIpc) is 3.89. The van der Waals surface area contributed by atoms with Crippen molar-refractivity contribution in [3.05, 3.63) is 120 Å². The predicted molar refractivity (Wildman–Crippen MR) is 177 cm³/mol. The number of carboxylic acids is 2. The molecule has 0 spiro atoms. The average molecular weight is 709 g/mol. The second-order valence-electron chi connectivity index (χ2n) is 10.6. The number of benzene rings is 2. The first kappa shape index (κ1) is 34.3. The lowest BCUT2D eigenvalue weighted by Crippen LogP contribution is -2.18. The molecule has 2 amide bonds. The SMILES string of the molecule is O=C(Nc1cc(OCCCOc2cc(NC(=O)c3ccc(-n4ccnc4)nn3)c(C(=O)O)cc2F)ccc1C(=O)O)c1ccc(-n2ccnc2)nn1. The summed E-state index contributed by atoms with van der Waals surface area (Å²) in [5, 5.41) is 39.8. The second-order valence-corrected chi connectivity index (χ2v) is 10.6. The molecule has 0 aliphatic rings. The Morgan fingerprint density at radius 3 is 1.73 bits per heavy atom. The quantitative estimate of drug-likeness (QED) is 0.118. The summed E-state index contributed by atoms with van der Waals surface area (Å²) in [5.74, 6) is -4.57. The maximum absolute atomic E-state index is 14.8. The Bertz CT molecular complexity index is 2230. The molecule has 262 valence electrons. The molecule has 4 heterocycles. The molecule has 0 saturated carbocycles. The van der Waals surface area contributed by atoms with E-state index in [0.717, 1.165) is 12.1 Å². The summed E-state index contributed by atoms with van der Waals surface area (Å²) in [6.45, 7) is -0.0738. The molecular weight excluding hydrogens is 683 g/mol. The minimum atomic E-state index is -1.49. The first-order valence-corrected chi connectivity index (χ1v) is 15.1. The third-order valence-corrected chi connectivity index (χ3v) is 7.14. The van der Waals surface area contributed by atoms with Crippen LogP contribution in [0.25, 0.3) is 11.6 Å². The van der Waals surface area contributed by atoms with Crippen LogP contribution in [0.2, 0.25) is 0 Å². The van der Waals surface area contributed by atoms with Crippen molar-refractivity contribution in [3.8, 4) is 23.1 Å². The fourth-order valence-electron chi connectivity index (χ4n) is 4.61. The highest BCUT2D eigenvalue weighted by atomic mass is 19.1. The molecule has 0 aliphatic carbocycles. The molecule has 6 aromatic rings. The Balaban J connectivity index is 1.05. The summed E-state index contributed by atoms with van der Waals surface area (Å²) in [6, 6.07) is 11.6. The highest BCUT2D eigenvalue weighted by Crippen LogP contribution is 2.28. The number of anilines is 2. The number of halogens is 1. The van der Waals surface area contributed by atoms with E-state index in [1.165, 1.54) is 49.1 Å². The maximum Gasteiger partial charge on any atom is 0.337 e. The molecule has 0 bridgehead atoms. The zero-order chi connectivity index (χ0) is 36.6. The molecule has 0 radical (unpaired) electrons. The standard InChI is InChI=1S/C33H25FN10O8/c34-22-15-21(33(49)50)26(38-31(46)24-5-7-29(42-40-24)44-11-9-36-18-44)16-27(22)52-13-1-12-51-19-2-3-20(32(47)48)25(14-19)37-30(45)23-4-6-28(41-39-23)43-10-8-35-17-43/h2-11,14-18H,1,12-13H2,(H,37,45)(H,38,46)(H,47,48)(H,49,50). The number of carbonyl (C=O) groups excluding carboxylic acids is 2. The first-order valence-electron chi connectivity index (χ1n) is 15.1. The van der Waals surface area contributed by atoms with Crippen molar-refractivity contribution < 1.29 is 43.3 Å². The smallest absolute Gasteiger partial charge is 0.337 e. The number of amides is 2. The van der Waals surface area contributed by atoms with Crippen molar-refractivity contribution in [2.75, 3.05) is 23.8 Å². The molecule has 0 saturated heterocycles. The Labute approximate surface area is 291 Å². The lowest BCUT2D eigenvalue weighted by atomic mass is 10.1. The van der Waals surface area contributed by atoms with Gasteiger partial charge in [-0.1, -0.05) is 0 Å². The molecular formula is C33H25FN10O8. The third-order valence-electron chi connectivity index (χ3n) is 7.14. The molecule has 0 fully saturated rings. The third kappa shape index (κ3) is 8.00. The van der Waals surface area contributed by atoms with Gasteiger partial charge in [0.1, 0.15) is 18.4 Å². The van der Waals surface area contributed by atoms with Crippen LogP contribution in [-0.2, 0) is 0 Å². The molecule has 19 heteroatoms. The maximum atomic E-state index is 14.8. The summed E-state index contributed by atoms with van der Waals surface area (Å²) in [5.41, 5.74) is -1.20. The van der Waals surface area contributed by atoms with Gasteiger partial charge in [0.15, 0.2) is 34.6 Å². The first-order chi connectivity index (χ1) is 25.2. The number of nitrogens with zero attached hydrogens (tertiary/aromatic N) is 8. The van der Waals surface area contributed by atoms with Gasteiger partial charge in [0, 0.05) is 43.3 Å². The zero-order valence-electron chi connectivity index (χ0n) is 26.6. The number of hydrogen-bond donors (Lipinski definition) is 4. The van der Waals surface area contributed by atoms with Crippen molar-refractivity contribution in [2.24, 2.45) is 0 Å². The van der Waals surface area contributed by atoms with E-state index >= 15 is 0 Å². The number of imidazole rings is 2.